The molecule has 3 rings (SSSR count). The number of para-hydroxylation sites is 1. The molecule has 2 bridgehead atoms. The lowest BCUT2D eigenvalue weighted by Crippen LogP contribution is -2.24. The lowest BCUT2D eigenvalue weighted by Gasteiger charge is -2.32. The van der Waals surface area contributed by atoms with Gasteiger partial charge in [-0.25, -0.2) is 0 Å². The van der Waals surface area contributed by atoms with Gasteiger partial charge in [-0.15, -0.1) is 0 Å². The molecule has 0 fully saturated rings. The lowest BCUT2D eigenvalue weighted by atomic mass is 10.1. The summed E-state index contributed by atoms with van der Waals surface area (Å²) in [5.74, 6) is 0.288. The van der Waals surface area contributed by atoms with E-state index in [0.29, 0.717) is 11.4 Å². The van der Waals surface area contributed by atoms with Gasteiger partial charge < -0.3 is 15.1 Å². The number of nitrogens with zero attached hydrogens (tertiary/aromatic N) is 1. The number of benzene rings is 1. The van der Waals surface area contributed by atoms with Crippen molar-refractivity contribution in [3.05, 3.63) is 18.2 Å². The third kappa shape index (κ3) is 0.436. The van der Waals surface area contributed by atoms with Crippen LogP contribution in [0.2, 0.25) is 0 Å². The predicted molar refractivity (Wildman–Crippen MR) is 37.3 cm³/mol. The van der Waals surface area contributed by atoms with Crippen molar-refractivity contribution in [2.75, 3.05) is 11.6 Å². The monoisotopic (exact) mass is 137 g/mol. The summed E-state index contributed by atoms with van der Waals surface area (Å²) in [5.41, 5.74) is 1.42. The average Bonchev–Trinajstić information content (AvgIpc) is 2.02. The molecule has 10 heavy (non-hydrogen) atoms. The van der Waals surface area contributed by atoms with Crippen LogP contribution < -0.4 is 4.90 Å². The molecule has 2 aliphatic heterocycles. The second-order valence-electron chi connectivity index (χ2n) is 2.21. The number of hydrogen-bond acceptors (Lipinski definition) is 3. The maximum Gasteiger partial charge on any atom is 0.163 e. The van der Waals surface area contributed by atoms with Gasteiger partial charge in [-0.2, -0.15) is 0 Å². The van der Waals surface area contributed by atoms with E-state index >= 15 is 0 Å². The summed E-state index contributed by atoms with van der Waals surface area (Å²) in [7, 11) is 0. The number of hydrogen-bond donors (Lipinski definition) is 2. The zero-order valence-corrected chi connectivity index (χ0v) is 5.28. The number of aliphatic hydroxyl groups is 1. The Hall–Kier alpha value is -1.22. The van der Waals surface area contributed by atoms with Crippen LogP contribution in [-0.4, -0.2) is 16.9 Å². The lowest BCUT2D eigenvalue weighted by molar-refractivity contribution is 0.297. The molecule has 3 nitrogen and oxygen atoms in total. The van der Waals surface area contributed by atoms with Crippen LogP contribution >= 0.6 is 0 Å². The van der Waals surface area contributed by atoms with Crippen LogP contribution in [0.3, 0.4) is 0 Å². The van der Waals surface area contributed by atoms with Gasteiger partial charge >= 0.3 is 0 Å². The molecule has 2 heterocycles. The third-order valence-corrected chi connectivity index (χ3v) is 1.72. The second kappa shape index (κ2) is 1.64. The number of phenolic OH excluding ortho intramolecular Hbond substituents is 1. The summed E-state index contributed by atoms with van der Waals surface area (Å²) in [6, 6.07) is 5.37. The Morgan fingerprint density at radius 2 is 1.90 bits per heavy atom. The van der Waals surface area contributed by atoms with Crippen LogP contribution in [-0.2, 0) is 0 Å². The normalized spacial score (nSPS) is 13.1. The molecule has 52 valence electrons. The molecule has 0 aromatic heterocycles. The fourth-order valence-corrected chi connectivity index (χ4v) is 1.18. The average molecular weight is 137 g/mol. The summed E-state index contributed by atoms with van der Waals surface area (Å²) < 4.78 is 0. The van der Waals surface area contributed by atoms with Crippen molar-refractivity contribution in [1.82, 2.24) is 0 Å². The molecule has 0 spiro atoms. The van der Waals surface area contributed by atoms with E-state index in [2.05, 4.69) is 0 Å². The van der Waals surface area contributed by atoms with Crippen molar-refractivity contribution in [2.45, 2.75) is 0 Å². The minimum absolute atomic E-state index is 0.0600. The summed E-state index contributed by atoms with van der Waals surface area (Å²) >= 11 is 0. The quantitative estimate of drug-likeness (QED) is 0.601. The van der Waals surface area contributed by atoms with Crippen molar-refractivity contribution in [3.8, 4) is 5.75 Å². The summed E-state index contributed by atoms with van der Waals surface area (Å²) in [6.45, 7) is -0.0600. The van der Waals surface area contributed by atoms with Gasteiger partial charge in [0.05, 0.1) is 11.4 Å². The number of aromatic hydroxyl groups is 1. The van der Waals surface area contributed by atoms with E-state index in [1.807, 2.05) is 6.07 Å². The molecular weight excluding hydrogens is 130 g/mol. The van der Waals surface area contributed by atoms with Crippen LogP contribution in [0.1, 0.15) is 0 Å². The third-order valence-electron chi connectivity index (χ3n) is 1.72. The number of fused-ring (bicyclic) bond motifs is 2. The molecule has 0 saturated heterocycles. The van der Waals surface area contributed by atoms with Crippen LogP contribution in [0.5, 0.6) is 5.75 Å². The van der Waals surface area contributed by atoms with E-state index in [1.165, 1.54) is 0 Å². The maximum absolute atomic E-state index is 9.14. The molecule has 0 radical (unpaired) electrons. The van der Waals surface area contributed by atoms with Gasteiger partial charge in [0.2, 0.25) is 0 Å². The van der Waals surface area contributed by atoms with E-state index in [0.717, 1.165) is 0 Å². The zero-order valence-electron chi connectivity index (χ0n) is 5.28. The Kier molecular flexibility index (Phi) is 0.910. The summed E-state index contributed by atoms with van der Waals surface area (Å²) in [6.07, 6.45) is 0. The van der Waals surface area contributed by atoms with Gasteiger partial charge in [-0.3, -0.25) is 0 Å². The van der Waals surface area contributed by atoms with E-state index in [1.54, 1.807) is 17.0 Å². The number of anilines is 2. The van der Waals surface area contributed by atoms with Gasteiger partial charge in [-0.05, 0) is 12.1 Å². The van der Waals surface area contributed by atoms with Crippen LogP contribution in [0, 0.1) is 0 Å². The highest BCUT2D eigenvalue weighted by Crippen LogP contribution is 2.49. The number of rotatable bonds is 1. The topological polar surface area (TPSA) is 43.7 Å². The van der Waals surface area contributed by atoms with Crippen molar-refractivity contribution in [3.63, 3.8) is 0 Å². The van der Waals surface area contributed by atoms with Gasteiger partial charge in [0.1, 0.15) is 6.73 Å². The maximum atomic E-state index is 9.14. The van der Waals surface area contributed by atoms with Crippen molar-refractivity contribution < 1.29 is 10.2 Å². The first-order valence-corrected chi connectivity index (χ1v) is 3.05. The molecule has 1 aromatic rings. The van der Waals surface area contributed by atoms with Gasteiger partial charge in [0.15, 0.2) is 5.75 Å². The molecule has 0 unspecified atom stereocenters. The minimum atomic E-state index is -0.0600. The molecule has 0 aliphatic carbocycles. The highest BCUT2D eigenvalue weighted by molar-refractivity contribution is 5.88. The number of aliphatic hydroxyl groups excluding tert-OH is 1. The Balaban J connectivity index is 2.48. The molecule has 0 amide bonds. The van der Waals surface area contributed by atoms with Gasteiger partial charge in [-0.1, -0.05) is 6.07 Å². The van der Waals surface area contributed by atoms with E-state index in [4.69, 9.17) is 10.2 Å². The standard InChI is InChI=1S/C7H7NO2/c9-4-8-5-2-1-3-6(8)7(5)10/h1-3,9-10H,4H2. The Morgan fingerprint density at radius 1 is 1.30 bits per heavy atom. The molecular formula is C7H7NO2. The van der Waals surface area contributed by atoms with Crippen LogP contribution in [0.15, 0.2) is 18.2 Å². The second-order valence-corrected chi connectivity index (χ2v) is 2.21. The fourth-order valence-electron chi connectivity index (χ4n) is 1.18. The largest absolute Gasteiger partial charge is 0.504 e. The van der Waals surface area contributed by atoms with E-state index in [-0.39, 0.29) is 12.5 Å². The van der Waals surface area contributed by atoms with E-state index < -0.39 is 0 Å². The first-order valence-electron chi connectivity index (χ1n) is 3.05. The van der Waals surface area contributed by atoms with Crippen molar-refractivity contribution >= 4 is 11.4 Å². The molecule has 2 aliphatic rings. The van der Waals surface area contributed by atoms with Crippen molar-refractivity contribution in [1.29, 1.82) is 0 Å². The molecule has 0 atom stereocenters. The van der Waals surface area contributed by atoms with Crippen LogP contribution in [0.25, 0.3) is 0 Å². The number of phenols is 1. The predicted octanol–water partition coefficient (Wildman–Crippen LogP) is 0.793. The summed E-state index contributed by atoms with van der Waals surface area (Å²) in [4.78, 5) is 1.63. The van der Waals surface area contributed by atoms with Gasteiger partial charge in [0, 0.05) is 0 Å². The highest BCUT2D eigenvalue weighted by Gasteiger charge is 2.26. The van der Waals surface area contributed by atoms with Crippen LogP contribution in [0.4, 0.5) is 11.4 Å². The van der Waals surface area contributed by atoms with E-state index in [9.17, 15) is 0 Å². The van der Waals surface area contributed by atoms with Gasteiger partial charge in [0.25, 0.3) is 0 Å². The zero-order chi connectivity index (χ0) is 7.14. The first-order chi connectivity index (χ1) is 4.84. The smallest absolute Gasteiger partial charge is 0.163 e. The minimum Gasteiger partial charge on any atom is -0.504 e. The fraction of sp³-hybridized carbons (Fsp3) is 0.143. The first kappa shape index (κ1) is 5.56. The Bertz CT molecular complexity index is 250. The molecule has 2 N–H and O–H groups in total. The van der Waals surface area contributed by atoms with Crippen molar-refractivity contribution in [2.24, 2.45) is 0 Å². The highest BCUT2D eigenvalue weighted by atomic mass is 16.3. The molecule has 3 heteroatoms. The SMILES string of the molecule is OCN1c2cccc1c2O. The molecule has 0 saturated carbocycles. The molecule has 1 aromatic carbocycles. The Morgan fingerprint density at radius 3 is 2.20 bits per heavy atom. The Labute approximate surface area is 58.1 Å². The summed E-state index contributed by atoms with van der Waals surface area (Å²) in [5, 5.41) is 17.9.